The molecule has 3 rings (SSSR count). The van der Waals surface area contributed by atoms with Gasteiger partial charge in [0.1, 0.15) is 0 Å². The van der Waals surface area contributed by atoms with E-state index in [1.807, 2.05) is 34.9 Å². The second-order valence-electron chi connectivity index (χ2n) is 9.59. The van der Waals surface area contributed by atoms with Gasteiger partial charge >= 0.3 is 12.1 Å². The summed E-state index contributed by atoms with van der Waals surface area (Å²) >= 11 is 0. The van der Waals surface area contributed by atoms with Crippen LogP contribution in [-0.4, -0.2) is 48.0 Å². The van der Waals surface area contributed by atoms with E-state index in [1.54, 1.807) is 0 Å². The van der Waals surface area contributed by atoms with Gasteiger partial charge in [-0.3, -0.25) is 0 Å². The van der Waals surface area contributed by atoms with Crippen molar-refractivity contribution in [2.45, 2.75) is 47.5 Å². The highest BCUT2D eigenvalue weighted by Crippen LogP contribution is 2.25. The second-order valence-corrected chi connectivity index (χ2v) is 9.59. The van der Waals surface area contributed by atoms with Crippen LogP contribution in [0.25, 0.3) is 0 Å². The Kier molecular flexibility index (Phi) is 6.70. The van der Waals surface area contributed by atoms with Crippen LogP contribution in [0.15, 0.2) is 18.2 Å². The van der Waals surface area contributed by atoms with Gasteiger partial charge in [-0.1, -0.05) is 33.8 Å². The van der Waals surface area contributed by atoms with Crippen LogP contribution < -0.4 is 10.6 Å². The topological polar surface area (TPSA) is 64.7 Å². The van der Waals surface area contributed by atoms with Crippen LogP contribution in [0, 0.1) is 30.6 Å². The zero-order valence-corrected chi connectivity index (χ0v) is 18.5. The summed E-state index contributed by atoms with van der Waals surface area (Å²) in [5.41, 5.74) is 2.44. The molecule has 0 aromatic heterocycles. The fourth-order valence-corrected chi connectivity index (χ4v) is 4.89. The molecular formula is C23H36N4O2. The first-order valence-electron chi connectivity index (χ1n) is 10.9. The van der Waals surface area contributed by atoms with Gasteiger partial charge in [0.05, 0.1) is 0 Å². The predicted molar refractivity (Wildman–Crippen MR) is 118 cm³/mol. The van der Waals surface area contributed by atoms with Crippen molar-refractivity contribution < 1.29 is 9.59 Å². The molecular weight excluding hydrogens is 364 g/mol. The first-order valence-corrected chi connectivity index (χ1v) is 10.9. The normalized spacial score (nSPS) is 27.5. The highest BCUT2D eigenvalue weighted by atomic mass is 16.2. The fourth-order valence-electron chi connectivity index (χ4n) is 4.89. The molecule has 2 aliphatic rings. The molecule has 0 saturated carbocycles. The third kappa shape index (κ3) is 5.64. The number of urea groups is 2. The van der Waals surface area contributed by atoms with E-state index in [0.717, 1.165) is 50.3 Å². The van der Waals surface area contributed by atoms with Crippen molar-refractivity contribution in [2.75, 3.05) is 36.8 Å². The number of carbonyl (C=O) groups is 2. The summed E-state index contributed by atoms with van der Waals surface area (Å²) in [6, 6.07) is 5.56. The van der Waals surface area contributed by atoms with Gasteiger partial charge in [-0.15, -0.1) is 0 Å². The van der Waals surface area contributed by atoms with Crippen LogP contribution in [-0.2, 0) is 0 Å². The number of likely N-dealkylation sites (tertiary alicyclic amines) is 2. The number of piperidine rings is 2. The van der Waals surface area contributed by atoms with E-state index in [1.165, 1.54) is 0 Å². The SMILES string of the molecule is Cc1ccc(NC(=O)N2C[C@@H](C)C[C@H](C)C2)cc1NC(=O)N1C[C@H](C)C[C@H](C)C1. The zero-order valence-electron chi connectivity index (χ0n) is 18.5. The number of hydrogen-bond acceptors (Lipinski definition) is 2. The molecule has 1 aromatic rings. The molecule has 2 saturated heterocycles. The van der Waals surface area contributed by atoms with E-state index >= 15 is 0 Å². The van der Waals surface area contributed by atoms with E-state index < -0.39 is 0 Å². The summed E-state index contributed by atoms with van der Waals surface area (Å²) in [4.78, 5) is 29.3. The summed E-state index contributed by atoms with van der Waals surface area (Å²) in [6.07, 6.45) is 2.33. The van der Waals surface area contributed by atoms with Gasteiger partial charge in [0, 0.05) is 37.6 Å². The highest BCUT2D eigenvalue weighted by Gasteiger charge is 2.27. The average molecular weight is 401 g/mol. The molecule has 0 unspecified atom stereocenters. The Balaban J connectivity index is 1.65. The minimum Gasteiger partial charge on any atom is -0.324 e. The molecule has 1 aromatic carbocycles. The van der Waals surface area contributed by atoms with E-state index in [-0.39, 0.29) is 12.1 Å². The number of rotatable bonds is 2. The largest absolute Gasteiger partial charge is 0.324 e. The van der Waals surface area contributed by atoms with Gasteiger partial charge in [-0.25, -0.2) is 9.59 Å². The van der Waals surface area contributed by atoms with Crippen molar-refractivity contribution in [2.24, 2.45) is 23.7 Å². The molecule has 2 heterocycles. The predicted octanol–water partition coefficient (Wildman–Crippen LogP) is 5.01. The lowest BCUT2D eigenvalue weighted by atomic mass is 9.92. The summed E-state index contributed by atoms with van der Waals surface area (Å²) in [6.45, 7) is 13.9. The smallest absolute Gasteiger partial charge is 0.321 e. The Morgan fingerprint density at radius 1 is 0.793 bits per heavy atom. The minimum atomic E-state index is -0.0665. The lowest BCUT2D eigenvalue weighted by Crippen LogP contribution is -2.45. The molecule has 2 fully saturated rings. The molecule has 4 amide bonds. The molecule has 160 valence electrons. The first kappa shape index (κ1) is 21.5. The quantitative estimate of drug-likeness (QED) is 0.732. The van der Waals surface area contributed by atoms with Gasteiger partial charge in [0.2, 0.25) is 0 Å². The second kappa shape index (κ2) is 9.06. The summed E-state index contributed by atoms with van der Waals surface area (Å²) in [7, 11) is 0. The number of anilines is 2. The fraction of sp³-hybridized carbons (Fsp3) is 0.652. The molecule has 0 aliphatic carbocycles. The maximum Gasteiger partial charge on any atom is 0.321 e. The number of aryl methyl sites for hydroxylation is 1. The third-order valence-corrected chi connectivity index (χ3v) is 6.04. The monoisotopic (exact) mass is 400 g/mol. The van der Waals surface area contributed by atoms with Crippen LogP contribution in [0.4, 0.5) is 21.0 Å². The molecule has 2 N–H and O–H groups in total. The number of nitrogens with zero attached hydrogens (tertiary/aromatic N) is 2. The van der Waals surface area contributed by atoms with E-state index in [9.17, 15) is 9.59 Å². The zero-order chi connectivity index (χ0) is 21.1. The number of nitrogens with one attached hydrogen (secondary N) is 2. The number of benzene rings is 1. The number of carbonyl (C=O) groups excluding carboxylic acids is 2. The molecule has 29 heavy (non-hydrogen) atoms. The average Bonchev–Trinajstić information content (AvgIpc) is 2.62. The van der Waals surface area contributed by atoms with Crippen LogP contribution in [0.5, 0.6) is 0 Å². The maximum atomic E-state index is 12.8. The molecule has 6 nitrogen and oxygen atoms in total. The molecule has 0 bridgehead atoms. The molecule has 0 spiro atoms. The van der Waals surface area contributed by atoms with Gasteiger partial charge < -0.3 is 20.4 Å². The Morgan fingerprint density at radius 2 is 1.24 bits per heavy atom. The molecule has 6 heteroatoms. The van der Waals surface area contributed by atoms with Crippen molar-refractivity contribution in [3.05, 3.63) is 23.8 Å². The molecule has 0 radical (unpaired) electrons. The first-order chi connectivity index (χ1) is 13.7. The Bertz CT molecular complexity index is 730. The Hall–Kier alpha value is -2.24. The van der Waals surface area contributed by atoms with Crippen molar-refractivity contribution in [3.8, 4) is 0 Å². The van der Waals surface area contributed by atoms with Gasteiger partial charge in [-0.05, 0) is 61.1 Å². The van der Waals surface area contributed by atoms with E-state index in [0.29, 0.717) is 29.4 Å². The third-order valence-electron chi connectivity index (χ3n) is 6.04. The van der Waals surface area contributed by atoms with Gasteiger partial charge in [0.15, 0.2) is 0 Å². The summed E-state index contributed by atoms with van der Waals surface area (Å²) < 4.78 is 0. The number of amides is 4. The van der Waals surface area contributed by atoms with Crippen molar-refractivity contribution in [1.29, 1.82) is 0 Å². The highest BCUT2D eigenvalue weighted by molar-refractivity contribution is 5.93. The number of hydrogen-bond donors (Lipinski definition) is 2. The summed E-state index contributed by atoms with van der Waals surface area (Å²) in [5, 5.41) is 6.06. The van der Waals surface area contributed by atoms with Gasteiger partial charge in [-0.2, -0.15) is 0 Å². The lowest BCUT2D eigenvalue weighted by Gasteiger charge is -2.35. The van der Waals surface area contributed by atoms with Crippen LogP contribution in [0.1, 0.15) is 46.1 Å². The Morgan fingerprint density at radius 3 is 1.72 bits per heavy atom. The summed E-state index contributed by atoms with van der Waals surface area (Å²) in [5.74, 6) is 2.08. The maximum absolute atomic E-state index is 12.8. The standard InChI is InChI=1S/C23H36N4O2/c1-15-8-16(2)12-26(11-15)22(28)24-20-7-6-19(5)21(10-20)25-23(29)27-13-17(3)9-18(4)14-27/h6-7,10,15-18H,8-9,11-14H2,1-5H3,(H,24,28)(H,25,29)/t15-,16-,17-,18+/m0/s1. The van der Waals surface area contributed by atoms with Crippen molar-refractivity contribution in [1.82, 2.24) is 9.80 Å². The van der Waals surface area contributed by atoms with Crippen LogP contribution >= 0.6 is 0 Å². The Labute approximate surface area is 175 Å². The van der Waals surface area contributed by atoms with Gasteiger partial charge in [0.25, 0.3) is 0 Å². The van der Waals surface area contributed by atoms with Crippen LogP contribution in [0.3, 0.4) is 0 Å². The van der Waals surface area contributed by atoms with E-state index in [2.05, 4.69) is 38.3 Å². The molecule has 4 atom stereocenters. The van der Waals surface area contributed by atoms with Crippen molar-refractivity contribution >= 4 is 23.4 Å². The van der Waals surface area contributed by atoms with Crippen molar-refractivity contribution in [3.63, 3.8) is 0 Å². The molecule has 2 aliphatic heterocycles. The minimum absolute atomic E-state index is 0.0614. The lowest BCUT2D eigenvalue weighted by molar-refractivity contribution is 0.156. The van der Waals surface area contributed by atoms with E-state index in [4.69, 9.17) is 0 Å². The van der Waals surface area contributed by atoms with Crippen LogP contribution in [0.2, 0.25) is 0 Å².